The molecule has 0 aliphatic carbocycles. The maximum Gasteiger partial charge on any atom is 0.419 e. The van der Waals surface area contributed by atoms with Crippen molar-refractivity contribution in [2.75, 3.05) is 20.2 Å². The van der Waals surface area contributed by atoms with E-state index in [0.29, 0.717) is 38.1 Å². The van der Waals surface area contributed by atoms with Crippen LogP contribution in [0.1, 0.15) is 42.1 Å². The molecule has 0 radical (unpaired) electrons. The molecular formula is C16H19F4NO2. The van der Waals surface area contributed by atoms with Crippen molar-refractivity contribution in [3.8, 4) is 0 Å². The summed E-state index contributed by atoms with van der Waals surface area (Å²) in [5.74, 6) is -1.90. The molecule has 0 saturated carbocycles. The van der Waals surface area contributed by atoms with Gasteiger partial charge in [-0.05, 0) is 44.4 Å². The highest BCUT2D eigenvalue weighted by Crippen LogP contribution is 2.32. The number of amides is 1. The molecule has 0 N–H and O–H groups in total. The van der Waals surface area contributed by atoms with E-state index in [4.69, 9.17) is 4.74 Å². The van der Waals surface area contributed by atoms with Gasteiger partial charge < -0.3 is 9.64 Å². The van der Waals surface area contributed by atoms with Crippen LogP contribution in [0.15, 0.2) is 18.2 Å². The minimum Gasteiger partial charge on any atom is -0.378 e. The van der Waals surface area contributed by atoms with Gasteiger partial charge in [-0.1, -0.05) is 0 Å². The molecule has 1 atom stereocenters. The number of methoxy groups -OCH3 is 1. The summed E-state index contributed by atoms with van der Waals surface area (Å²) in [4.78, 5) is 13.9. The van der Waals surface area contributed by atoms with Gasteiger partial charge in [0, 0.05) is 25.8 Å². The summed E-state index contributed by atoms with van der Waals surface area (Å²) >= 11 is 0. The van der Waals surface area contributed by atoms with Crippen molar-refractivity contribution in [3.63, 3.8) is 0 Å². The average molecular weight is 333 g/mol. The maximum atomic E-state index is 13.3. The number of hydrogen-bond donors (Lipinski definition) is 0. The molecule has 3 nitrogen and oxygen atoms in total. The summed E-state index contributed by atoms with van der Waals surface area (Å²) in [6.45, 7) is 2.78. The number of carbonyl (C=O) groups is 1. The first-order chi connectivity index (χ1) is 10.7. The lowest BCUT2D eigenvalue weighted by Gasteiger charge is -2.26. The van der Waals surface area contributed by atoms with Gasteiger partial charge in [-0.15, -0.1) is 0 Å². The Morgan fingerprint density at radius 3 is 2.57 bits per heavy atom. The van der Waals surface area contributed by atoms with E-state index in [0.717, 1.165) is 12.5 Å². The minimum atomic E-state index is -4.83. The number of likely N-dealkylation sites (tertiary alicyclic amines) is 1. The first-order valence-electron chi connectivity index (χ1n) is 7.37. The van der Waals surface area contributed by atoms with Crippen LogP contribution < -0.4 is 0 Å². The van der Waals surface area contributed by atoms with Crippen molar-refractivity contribution < 1.29 is 27.1 Å². The van der Waals surface area contributed by atoms with E-state index in [1.54, 1.807) is 7.11 Å². The van der Waals surface area contributed by atoms with E-state index in [1.807, 2.05) is 6.92 Å². The molecule has 0 bridgehead atoms. The van der Waals surface area contributed by atoms with Gasteiger partial charge in [-0.25, -0.2) is 4.39 Å². The molecular weight excluding hydrogens is 314 g/mol. The van der Waals surface area contributed by atoms with Crippen LogP contribution in [0.4, 0.5) is 17.6 Å². The molecule has 0 unspecified atom stereocenters. The zero-order valence-corrected chi connectivity index (χ0v) is 13.0. The van der Waals surface area contributed by atoms with Crippen molar-refractivity contribution in [1.82, 2.24) is 4.90 Å². The Bertz CT molecular complexity index is 588. The predicted molar refractivity (Wildman–Crippen MR) is 76.6 cm³/mol. The molecule has 1 saturated heterocycles. The molecule has 23 heavy (non-hydrogen) atoms. The van der Waals surface area contributed by atoms with Crippen LogP contribution in [0.25, 0.3) is 0 Å². The second-order valence-corrected chi connectivity index (χ2v) is 5.99. The fourth-order valence-electron chi connectivity index (χ4n) is 2.72. The van der Waals surface area contributed by atoms with Crippen molar-refractivity contribution in [2.24, 2.45) is 0 Å². The second-order valence-electron chi connectivity index (χ2n) is 5.99. The van der Waals surface area contributed by atoms with Gasteiger partial charge in [-0.3, -0.25) is 4.79 Å². The molecule has 1 amide bonds. The molecule has 0 aromatic heterocycles. The summed E-state index contributed by atoms with van der Waals surface area (Å²) in [7, 11) is 1.60. The van der Waals surface area contributed by atoms with Gasteiger partial charge in [-0.2, -0.15) is 13.2 Å². The van der Waals surface area contributed by atoms with E-state index in [-0.39, 0.29) is 11.2 Å². The fourth-order valence-corrected chi connectivity index (χ4v) is 2.72. The third kappa shape index (κ3) is 4.02. The molecule has 0 spiro atoms. The molecule has 7 heteroatoms. The van der Waals surface area contributed by atoms with Crippen molar-refractivity contribution in [2.45, 2.75) is 38.0 Å². The topological polar surface area (TPSA) is 29.5 Å². The number of rotatable bonds is 2. The fraction of sp³-hybridized carbons (Fsp3) is 0.562. The molecule has 2 rings (SSSR count). The third-order valence-electron chi connectivity index (χ3n) is 4.34. The molecule has 1 heterocycles. The highest BCUT2D eigenvalue weighted by molar-refractivity contribution is 5.94. The van der Waals surface area contributed by atoms with Gasteiger partial charge in [0.2, 0.25) is 0 Å². The standard InChI is InChI=1S/C16H19F4NO2/c1-15(23-2)6-3-8-21(9-7-15)14(22)11-4-5-13(17)12(10-11)16(18,19)20/h4-5,10H,3,6-9H2,1-2H3/t15-/m0/s1. The van der Waals surface area contributed by atoms with Crippen LogP contribution >= 0.6 is 0 Å². The number of nitrogens with zero attached hydrogens (tertiary/aromatic N) is 1. The van der Waals surface area contributed by atoms with Crippen molar-refractivity contribution >= 4 is 5.91 Å². The Labute approximate surface area is 132 Å². The summed E-state index contributed by atoms with van der Waals surface area (Å²) in [6, 6.07) is 2.36. The van der Waals surface area contributed by atoms with Gasteiger partial charge in [0.1, 0.15) is 5.82 Å². The van der Waals surface area contributed by atoms with Gasteiger partial charge >= 0.3 is 6.18 Å². The summed E-state index contributed by atoms with van der Waals surface area (Å²) in [6.07, 6.45) is -2.76. The lowest BCUT2D eigenvalue weighted by molar-refractivity contribution is -0.140. The average Bonchev–Trinajstić information content (AvgIpc) is 2.68. The van der Waals surface area contributed by atoms with Crippen LogP contribution in [-0.4, -0.2) is 36.6 Å². The molecule has 128 valence electrons. The van der Waals surface area contributed by atoms with Crippen LogP contribution in [0, 0.1) is 5.82 Å². The number of benzene rings is 1. The smallest absolute Gasteiger partial charge is 0.378 e. The lowest BCUT2D eigenvalue weighted by atomic mass is 9.97. The lowest BCUT2D eigenvalue weighted by Crippen LogP contribution is -2.34. The summed E-state index contributed by atoms with van der Waals surface area (Å²) in [5.41, 5.74) is -1.91. The summed E-state index contributed by atoms with van der Waals surface area (Å²) < 4.78 is 57.1. The normalized spacial score (nSPS) is 22.8. The first-order valence-corrected chi connectivity index (χ1v) is 7.37. The highest BCUT2D eigenvalue weighted by atomic mass is 19.4. The van der Waals surface area contributed by atoms with E-state index in [2.05, 4.69) is 0 Å². The van der Waals surface area contributed by atoms with Crippen molar-refractivity contribution in [3.05, 3.63) is 35.1 Å². The van der Waals surface area contributed by atoms with Crippen LogP contribution in [0.3, 0.4) is 0 Å². The zero-order valence-electron chi connectivity index (χ0n) is 13.0. The van der Waals surface area contributed by atoms with E-state index in [1.165, 1.54) is 4.90 Å². The van der Waals surface area contributed by atoms with Gasteiger partial charge in [0.25, 0.3) is 5.91 Å². The Kier molecular flexibility index (Phi) is 4.98. The molecule has 1 fully saturated rings. The molecule has 1 aromatic rings. The second kappa shape index (κ2) is 6.47. The molecule has 1 aliphatic heterocycles. The van der Waals surface area contributed by atoms with E-state index < -0.39 is 23.5 Å². The summed E-state index contributed by atoms with van der Waals surface area (Å²) in [5, 5.41) is 0. The minimum absolute atomic E-state index is 0.153. The largest absolute Gasteiger partial charge is 0.419 e. The number of hydrogen-bond acceptors (Lipinski definition) is 2. The number of halogens is 4. The monoisotopic (exact) mass is 333 g/mol. The SMILES string of the molecule is CO[C@@]1(C)CCCN(C(=O)c2ccc(F)c(C(F)(F)F)c2)CC1. The van der Waals surface area contributed by atoms with Crippen molar-refractivity contribution in [1.29, 1.82) is 0 Å². The predicted octanol–water partition coefficient (Wildman–Crippen LogP) is 3.88. The number of alkyl halides is 3. The highest BCUT2D eigenvalue weighted by Gasteiger charge is 2.35. The van der Waals surface area contributed by atoms with Crippen LogP contribution in [-0.2, 0) is 10.9 Å². The Morgan fingerprint density at radius 2 is 1.96 bits per heavy atom. The Morgan fingerprint density at radius 1 is 1.26 bits per heavy atom. The van der Waals surface area contributed by atoms with Gasteiger partial charge in [0.15, 0.2) is 0 Å². The quantitative estimate of drug-likeness (QED) is 0.769. The number of carbonyl (C=O) groups excluding carboxylic acids is 1. The molecule has 1 aliphatic rings. The Hall–Kier alpha value is -1.63. The Balaban J connectivity index is 2.21. The van der Waals surface area contributed by atoms with E-state index in [9.17, 15) is 22.4 Å². The van der Waals surface area contributed by atoms with Crippen LogP contribution in [0.5, 0.6) is 0 Å². The molecule has 1 aromatic carbocycles. The first kappa shape index (κ1) is 17.7. The maximum absolute atomic E-state index is 13.3. The van der Waals surface area contributed by atoms with E-state index >= 15 is 0 Å². The van der Waals surface area contributed by atoms with Crippen LogP contribution in [0.2, 0.25) is 0 Å². The van der Waals surface area contributed by atoms with Gasteiger partial charge in [0.05, 0.1) is 11.2 Å². The third-order valence-corrected chi connectivity index (χ3v) is 4.34. The zero-order chi connectivity index (χ0) is 17.3. The number of ether oxygens (including phenoxy) is 1.